The minimum absolute atomic E-state index is 0.151. The van der Waals surface area contributed by atoms with Crippen LogP contribution in [0.1, 0.15) is 48.5 Å². The number of aromatic nitrogens is 1. The molecule has 1 heterocycles. The Morgan fingerprint density at radius 2 is 2.10 bits per heavy atom. The Bertz CT molecular complexity index is 548. The average Bonchev–Trinajstić information content (AvgIpc) is 2.99. The first-order valence-corrected chi connectivity index (χ1v) is 7.23. The first-order valence-electron chi connectivity index (χ1n) is 7.23. The second-order valence-electron chi connectivity index (χ2n) is 5.49. The lowest BCUT2D eigenvalue weighted by Gasteiger charge is -2.20. The number of carboxylic acid groups (broad SMARTS) is 1. The van der Waals surface area contributed by atoms with Crippen LogP contribution >= 0.6 is 0 Å². The van der Waals surface area contributed by atoms with Crippen molar-refractivity contribution in [3.05, 3.63) is 35.7 Å². The number of pyridine rings is 1. The van der Waals surface area contributed by atoms with Crippen molar-refractivity contribution in [3.8, 4) is 0 Å². The highest BCUT2D eigenvalue weighted by Gasteiger charge is 2.23. The molecule has 1 aliphatic rings. The van der Waals surface area contributed by atoms with Gasteiger partial charge in [0.25, 0.3) is 5.91 Å². The maximum atomic E-state index is 12.2. The van der Waals surface area contributed by atoms with E-state index in [4.69, 9.17) is 5.11 Å². The van der Waals surface area contributed by atoms with Gasteiger partial charge in [0.05, 0.1) is 5.56 Å². The van der Waals surface area contributed by atoms with Gasteiger partial charge in [-0.2, -0.15) is 0 Å². The van der Waals surface area contributed by atoms with Gasteiger partial charge in [0.1, 0.15) is 0 Å². The molecule has 2 rings (SSSR count). The molecule has 5 nitrogen and oxygen atoms in total. The molecule has 0 saturated heterocycles. The van der Waals surface area contributed by atoms with Crippen LogP contribution in [0.3, 0.4) is 0 Å². The molecule has 1 aliphatic carbocycles. The topological polar surface area (TPSA) is 79.3 Å². The third-order valence-corrected chi connectivity index (χ3v) is 3.91. The van der Waals surface area contributed by atoms with Gasteiger partial charge in [-0.05, 0) is 43.4 Å². The SMILES string of the molecule is CC(NC(=O)c1cncc(C=CC(=O)O)c1)C1CCCC1. The van der Waals surface area contributed by atoms with E-state index in [1.54, 1.807) is 6.07 Å². The number of hydrogen-bond acceptors (Lipinski definition) is 3. The summed E-state index contributed by atoms with van der Waals surface area (Å²) in [5, 5.41) is 11.6. The van der Waals surface area contributed by atoms with Crippen molar-refractivity contribution < 1.29 is 14.7 Å². The van der Waals surface area contributed by atoms with Crippen LogP contribution in [0.25, 0.3) is 6.08 Å². The molecule has 112 valence electrons. The van der Waals surface area contributed by atoms with Crippen LogP contribution in [-0.2, 0) is 4.79 Å². The zero-order valence-electron chi connectivity index (χ0n) is 12.1. The van der Waals surface area contributed by atoms with Gasteiger partial charge < -0.3 is 10.4 Å². The number of carbonyl (C=O) groups is 2. The number of aliphatic carboxylic acids is 1. The smallest absolute Gasteiger partial charge is 0.328 e. The highest BCUT2D eigenvalue weighted by atomic mass is 16.4. The number of amides is 1. The fourth-order valence-corrected chi connectivity index (χ4v) is 2.71. The molecular formula is C16H20N2O3. The standard InChI is InChI=1S/C16H20N2O3/c1-11(13-4-2-3-5-13)18-16(21)14-8-12(9-17-10-14)6-7-15(19)20/h6-11,13H,2-5H2,1H3,(H,18,21)(H,19,20). The lowest BCUT2D eigenvalue weighted by molar-refractivity contribution is -0.131. The first-order chi connectivity index (χ1) is 10.1. The van der Waals surface area contributed by atoms with Crippen LogP contribution < -0.4 is 5.32 Å². The van der Waals surface area contributed by atoms with Crippen molar-refractivity contribution in [3.63, 3.8) is 0 Å². The van der Waals surface area contributed by atoms with Crippen LogP contribution in [0.5, 0.6) is 0 Å². The first kappa shape index (κ1) is 15.2. The maximum absolute atomic E-state index is 12.2. The summed E-state index contributed by atoms with van der Waals surface area (Å²) in [7, 11) is 0. The summed E-state index contributed by atoms with van der Waals surface area (Å²) in [5.74, 6) is -0.635. The summed E-state index contributed by atoms with van der Waals surface area (Å²) in [6.07, 6.45) is 10.3. The summed E-state index contributed by atoms with van der Waals surface area (Å²) < 4.78 is 0. The van der Waals surface area contributed by atoms with E-state index < -0.39 is 5.97 Å². The molecule has 0 radical (unpaired) electrons. The molecule has 1 aromatic rings. The van der Waals surface area contributed by atoms with Crippen molar-refractivity contribution in [1.82, 2.24) is 10.3 Å². The van der Waals surface area contributed by atoms with E-state index in [9.17, 15) is 9.59 Å². The highest BCUT2D eigenvalue weighted by molar-refractivity contribution is 5.95. The van der Waals surface area contributed by atoms with E-state index >= 15 is 0 Å². The van der Waals surface area contributed by atoms with Crippen molar-refractivity contribution in [2.75, 3.05) is 0 Å². The van der Waals surface area contributed by atoms with E-state index in [0.29, 0.717) is 17.0 Å². The molecule has 0 bridgehead atoms. The third-order valence-electron chi connectivity index (χ3n) is 3.91. The van der Waals surface area contributed by atoms with Crippen LogP contribution in [0.2, 0.25) is 0 Å². The number of nitrogens with one attached hydrogen (secondary N) is 1. The quantitative estimate of drug-likeness (QED) is 0.816. The fraction of sp³-hybridized carbons (Fsp3) is 0.438. The molecule has 1 atom stereocenters. The summed E-state index contributed by atoms with van der Waals surface area (Å²) in [4.78, 5) is 26.7. The molecule has 2 N–H and O–H groups in total. The van der Waals surface area contributed by atoms with E-state index in [-0.39, 0.29) is 11.9 Å². The van der Waals surface area contributed by atoms with Crippen molar-refractivity contribution in [2.45, 2.75) is 38.6 Å². The molecule has 1 fully saturated rings. The van der Waals surface area contributed by atoms with Gasteiger partial charge in [0.2, 0.25) is 0 Å². The monoisotopic (exact) mass is 288 g/mol. The molecule has 1 unspecified atom stereocenters. The molecular weight excluding hydrogens is 268 g/mol. The zero-order valence-corrected chi connectivity index (χ0v) is 12.1. The molecule has 0 aromatic carbocycles. The molecule has 0 spiro atoms. The Hall–Kier alpha value is -2.17. The normalized spacial score (nSPS) is 17.0. The van der Waals surface area contributed by atoms with Gasteiger partial charge in [-0.25, -0.2) is 4.79 Å². The van der Waals surface area contributed by atoms with Crippen LogP contribution in [0.4, 0.5) is 0 Å². The van der Waals surface area contributed by atoms with Crippen LogP contribution in [0, 0.1) is 5.92 Å². The van der Waals surface area contributed by atoms with E-state index in [0.717, 1.165) is 6.08 Å². The van der Waals surface area contributed by atoms with E-state index in [2.05, 4.69) is 10.3 Å². The van der Waals surface area contributed by atoms with Crippen molar-refractivity contribution in [1.29, 1.82) is 0 Å². The Morgan fingerprint density at radius 3 is 2.76 bits per heavy atom. The number of rotatable bonds is 5. The molecule has 1 aromatic heterocycles. The Morgan fingerprint density at radius 1 is 1.38 bits per heavy atom. The predicted molar refractivity (Wildman–Crippen MR) is 79.8 cm³/mol. The molecule has 0 aliphatic heterocycles. The summed E-state index contributed by atoms with van der Waals surface area (Å²) >= 11 is 0. The number of nitrogens with zero attached hydrogens (tertiary/aromatic N) is 1. The molecule has 21 heavy (non-hydrogen) atoms. The maximum Gasteiger partial charge on any atom is 0.328 e. The molecule has 1 saturated carbocycles. The zero-order chi connectivity index (χ0) is 15.2. The number of hydrogen-bond donors (Lipinski definition) is 2. The minimum Gasteiger partial charge on any atom is -0.478 e. The van der Waals surface area contributed by atoms with Gasteiger partial charge in [-0.15, -0.1) is 0 Å². The Labute approximate surface area is 124 Å². The minimum atomic E-state index is -1.03. The highest BCUT2D eigenvalue weighted by Crippen LogP contribution is 2.27. The number of carboxylic acids is 1. The van der Waals surface area contributed by atoms with Gasteiger partial charge in [0.15, 0.2) is 0 Å². The van der Waals surface area contributed by atoms with Gasteiger partial charge in [-0.1, -0.05) is 12.8 Å². The lowest BCUT2D eigenvalue weighted by Crippen LogP contribution is -2.37. The van der Waals surface area contributed by atoms with Crippen LogP contribution in [0.15, 0.2) is 24.5 Å². The van der Waals surface area contributed by atoms with Crippen LogP contribution in [-0.4, -0.2) is 28.0 Å². The van der Waals surface area contributed by atoms with Crippen molar-refractivity contribution in [2.24, 2.45) is 5.92 Å². The summed E-state index contributed by atoms with van der Waals surface area (Å²) in [6.45, 7) is 2.04. The second-order valence-corrected chi connectivity index (χ2v) is 5.49. The Balaban J connectivity index is 2.01. The molecule has 1 amide bonds. The Kier molecular flexibility index (Phi) is 5.09. The second kappa shape index (κ2) is 7.02. The fourth-order valence-electron chi connectivity index (χ4n) is 2.71. The van der Waals surface area contributed by atoms with Gasteiger partial charge >= 0.3 is 5.97 Å². The van der Waals surface area contributed by atoms with Gasteiger partial charge in [0, 0.05) is 24.5 Å². The molecule has 5 heteroatoms. The summed E-state index contributed by atoms with van der Waals surface area (Å²) in [6, 6.07) is 1.79. The lowest BCUT2D eigenvalue weighted by atomic mass is 9.99. The third kappa shape index (κ3) is 4.41. The summed E-state index contributed by atoms with van der Waals surface area (Å²) in [5.41, 5.74) is 1.05. The van der Waals surface area contributed by atoms with E-state index in [1.807, 2.05) is 6.92 Å². The van der Waals surface area contributed by atoms with Crippen molar-refractivity contribution >= 4 is 18.0 Å². The predicted octanol–water partition coefficient (Wildman–Crippen LogP) is 2.49. The van der Waals surface area contributed by atoms with Gasteiger partial charge in [-0.3, -0.25) is 9.78 Å². The average molecular weight is 288 g/mol. The van der Waals surface area contributed by atoms with E-state index in [1.165, 1.54) is 44.2 Å². The largest absolute Gasteiger partial charge is 0.478 e. The number of carbonyl (C=O) groups excluding carboxylic acids is 1.